The summed E-state index contributed by atoms with van der Waals surface area (Å²) in [6, 6.07) is 11.3. The second-order valence-corrected chi connectivity index (χ2v) is 7.74. The lowest BCUT2D eigenvalue weighted by molar-refractivity contribution is -0.122. The lowest BCUT2D eigenvalue weighted by Crippen LogP contribution is -2.29. The summed E-state index contributed by atoms with van der Waals surface area (Å²) >= 11 is 0. The normalized spacial score (nSPS) is 14.6. The van der Waals surface area contributed by atoms with E-state index in [-0.39, 0.29) is 11.3 Å². The summed E-state index contributed by atoms with van der Waals surface area (Å²) in [5, 5.41) is 3.00. The van der Waals surface area contributed by atoms with Crippen molar-refractivity contribution in [2.75, 3.05) is 0 Å². The Morgan fingerprint density at radius 2 is 1.89 bits per heavy atom. The monoisotopic (exact) mass is 382 g/mol. The molecule has 1 aliphatic carbocycles. The molecule has 1 saturated carbocycles. The number of hydrogen-bond donors (Lipinski definition) is 1. The summed E-state index contributed by atoms with van der Waals surface area (Å²) in [4.78, 5) is 25.0. The fourth-order valence-electron chi connectivity index (χ4n) is 3.85. The van der Waals surface area contributed by atoms with Gasteiger partial charge in [0.15, 0.2) is 5.75 Å². The van der Waals surface area contributed by atoms with Gasteiger partial charge in [0.2, 0.25) is 11.3 Å². The zero-order chi connectivity index (χ0) is 19.9. The highest BCUT2D eigenvalue weighted by Crippen LogP contribution is 2.26. The standard InChI is InChI=1S/C23H30N2O3/c1-17-13-21(26)23(28-16-19-11-7-4-8-12-19)20(25(17)2)15-24-22(27)14-18-9-5-3-6-10-18/h4,7-8,11-13,18H,3,5-6,9-10,14-16H2,1-2H3,(H,24,27). The Morgan fingerprint density at radius 3 is 2.61 bits per heavy atom. The highest BCUT2D eigenvalue weighted by atomic mass is 16.5. The molecule has 5 heteroatoms. The molecule has 1 amide bonds. The smallest absolute Gasteiger partial charge is 0.224 e. The number of aryl methyl sites for hydroxylation is 1. The Kier molecular flexibility index (Phi) is 6.90. The quantitative estimate of drug-likeness (QED) is 0.791. The van der Waals surface area contributed by atoms with Crippen LogP contribution in [0.2, 0.25) is 0 Å². The maximum atomic E-state index is 12.5. The Balaban J connectivity index is 1.69. The van der Waals surface area contributed by atoms with E-state index in [2.05, 4.69) is 5.32 Å². The number of amides is 1. The van der Waals surface area contributed by atoms with Crippen molar-refractivity contribution < 1.29 is 9.53 Å². The first-order valence-corrected chi connectivity index (χ1v) is 10.2. The van der Waals surface area contributed by atoms with Crippen molar-refractivity contribution in [2.45, 2.75) is 58.6 Å². The first-order chi connectivity index (χ1) is 13.5. The van der Waals surface area contributed by atoms with E-state index >= 15 is 0 Å². The van der Waals surface area contributed by atoms with Crippen molar-refractivity contribution in [1.82, 2.24) is 9.88 Å². The minimum Gasteiger partial charge on any atom is -0.483 e. The zero-order valence-electron chi connectivity index (χ0n) is 16.9. The summed E-state index contributed by atoms with van der Waals surface area (Å²) < 4.78 is 7.81. The molecule has 0 spiro atoms. The molecule has 0 bridgehead atoms. The van der Waals surface area contributed by atoms with Gasteiger partial charge in [-0.1, -0.05) is 49.6 Å². The third-order valence-electron chi connectivity index (χ3n) is 5.64. The van der Waals surface area contributed by atoms with E-state index in [1.165, 1.54) is 19.3 Å². The molecule has 1 aliphatic rings. The van der Waals surface area contributed by atoms with Gasteiger partial charge in [0.05, 0.1) is 12.2 Å². The molecule has 150 valence electrons. The predicted molar refractivity (Wildman–Crippen MR) is 110 cm³/mol. The van der Waals surface area contributed by atoms with Crippen LogP contribution in [0.15, 0.2) is 41.2 Å². The summed E-state index contributed by atoms with van der Waals surface area (Å²) in [5.41, 5.74) is 2.40. The van der Waals surface area contributed by atoms with Crippen LogP contribution in [0.5, 0.6) is 5.75 Å². The van der Waals surface area contributed by atoms with Crippen molar-refractivity contribution in [3.63, 3.8) is 0 Å². The molecule has 0 atom stereocenters. The number of carbonyl (C=O) groups is 1. The van der Waals surface area contributed by atoms with E-state index in [0.717, 1.165) is 24.1 Å². The lowest BCUT2D eigenvalue weighted by atomic mass is 9.87. The van der Waals surface area contributed by atoms with Gasteiger partial charge in [0.25, 0.3) is 0 Å². The van der Waals surface area contributed by atoms with Gasteiger partial charge in [-0.2, -0.15) is 0 Å². The molecule has 28 heavy (non-hydrogen) atoms. The summed E-state index contributed by atoms with van der Waals surface area (Å²) in [6.45, 7) is 2.50. The average Bonchev–Trinajstić information content (AvgIpc) is 2.70. The maximum absolute atomic E-state index is 12.5. The van der Waals surface area contributed by atoms with Crippen molar-refractivity contribution in [1.29, 1.82) is 0 Å². The molecule has 5 nitrogen and oxygen atoms in total. The first kappa shape index (κ1) is 20.2. The van der Waals surface area contributed by atoms with Crippen molar-refractivity contribution in [2.24, 2.45) is 13.0 Å². The van der Waals surface area contributed by atoms with Crippen LogP contribution in [0, 0.1) is 12.8 Å². The number of carbonyl (C=O) groups excluding carboxylic acids is 1. The van der Waals surface area contributed by atoms with E-state index in [1.54, 1.807) is 6.07 Å². The van der Waals surface area contributed by atoms with Crippen molar-refractivity contribution >= 4 is 5.91 Å². The molecule has 1 heterocycles. The van der Waals surface area contributed by atoms with Crippen LogP contribution in [0.25, 0.3) is 0 Å². The largest absolute Gasteiger partial charge is 0.483 e. The van der Waals surface area contributed by atoms with E-state index in [1.807, 2.05) is 48.9 Å². The number of nitrogens with one attached hydrogen (secondary N) is 1. The van der Waals surface area contributed by atoms with Crippen LogP contribution in [-0.2, 0) is 25.0 Å². The number of benzene rings is 1. The van der Waals surface area contributed by atoms with Gasteiger partial charge < -0.3 is 14.6 Å². The molecule has 0 saturated heterocycles. The van der Waals surface area contributed by atoms with Gasteiger partial charge in [-0.15, -0.1) is 0 Å². The topological polar surface area (TPSA) is 60.3 Å². The lowest BCUT2D eigenvalue weighted by Gasteiger charge is -2.21. The van der Waals surface area contributed by atoms with Gasteiger partial charge >= 0.3 is 0 Å². The molecule has 0 unspecified atom stereocenters. The maximum Gasteiger partial charge on any atom is 0.224 e. The number of nitrogens with zero attached hydrogens (tertiary/aromatic N) is 1. The molecule has 2 aromatic rings. The first-order valence-electron chi connectivity index (χ1n) is 10.2. The SMILES string of the molecule is Cc1cc(=O)c(OCc2ccccc2)c(CNC(=O)CC2CCCCC2)n1C. The summed E-state index contributed by atoms with van der Waals surface area (Å²) in [6.07, 6.45) is 6.58. The Labute approximate surface area is 166 Å². The second kappa shape index (κ2) is 9.58. The van der Waals surface area contributed by atoms with Crippen LogP contribution in [-0.4, -0.2) is 10.5 Å². The molecular weight excluding hydrogens is 352 g/mol. The Bertz CT molecular complexity index is 852. The third-order valence-corrected chi connectivity index (χ3v) is 5.64. The molecule has 3 rings (SSSR count). The Hall–Kier alpha value is -2.56. The number of aromatic nitrogens is 1. The van der Waals surface area contributed by atoms with Gasteiger partial charge in [-0.25, -0.2) is 0 Å². The molecule has 1 aromatic carbocycles. The van der Waals surface area contributed by atoms with E-state index in [4.69, 9.17) is 4.74 Å². The zero-order valence-corrected chi connectivity index (χ0v) is 16.9. The fourth-order valence-corrected chi connectivity index (χ4v) is 3.85. The molecule has 1 fully saturated rings. The number of rotatable bonds is 7. The van der Waals surface area contributed by atoms with Crippen LogP contribution in [0.1, 0.15) is 55.5 Å². The Morgan fingerprint density at radius 1 is 1.18 bits per heavy atom. The van der Waals surface area contributed by atoms with Crippen LogP contribution >= 0.6 is 0 Å². The van der Waals surface area contributed by atoms with Gasteiger partial charge in [-0.3, -0.25) is 9.59 Å². The predicted octanol–water partition coefficient (Wildman–Crippen LogP) is 3.86. The third kappa shape index (κ3) is 5.24. The van der Waals surface area contributed by atoms with Crippen molar-refractivity contribution in [3.05, 3.63) is 63.6 Å². The second-order valence-electron chi connectivity index (χ2n) is 7.74. The summed E-state index contributed by atoms with van der Waals surface area (Å²) in [7, 11) is 1.90. The minimum absolute atomic E-state index is 0.0508. The van der Waals surface area contributed by atoms with E-state index in [9.17, 15) is 9.59 Å². The minimum atomic E-state index is -0.150. The number of ether oxygens (including phenoxy) is 1. The fraction of sp³-hybridized carbons (Fsp3) is 0.478. The van der Waals surface area contributed by atoms with Gasteiger partial charge in [-0.05, 0) is 31.2 Å². The summed E-state index contributed by atoms with van der Waals surface area (Å²) in [5.74, 6) is 0.855. The highest BCUT2D eigenvalue weighted by Gasteiger charge is 2.19. The molecule has 0 aliphatic heterocycles. The van der Waals surface area contributed by atoms with Crippen LogP contribution in [0.3, 0.4) is 0 Å². The molecule has 0 radical (unpaired) electrons. The van der Waals surface area contributed by atoms with Crippen LogP contribution in [0.4, 0.5) is 0 Å². The average molecular weight is 383 g/mol. The van der Waals surface area contributed by atoms with Gasteiger partial charge in [0.1, 0.15) is 6.61 Å². The van der Waals surface area contributed by atoms with E-state index < -0.39 is 0 Å². The molecule has 1 aromatic heterocycles. The number of hydrogen-bond acceptors (Lipinski definition) is 3. The van der Waals surface area contributed by atoms with E-state index in [0.29, 0.717) is 36.9 Å². The molecular formula is C23H30N2O3. The van der Waals surface area contributed by atoms with Crippen molar-refractivity contribution in [3.8, 4) is 5.75 Å². The molecule has 1 N–H and O–H groups in total. The number of pyridine rings is 1. The van der Waals surface area contributed by atoms with Crippen LogP contribution < -0.4 is 15.5 Å². The van der Waals surface area contributed by atoms with Gasteiger partial charge in [0, 0.05) is 25.2 Å². The highest BCUT2D eigenvalue weighted by molar-refractivity contribution is 5.76.